The Hall–Kier alpha value is -3.80. The molecule has 1 saturated heterocycles. The highest BCUT2D eigenvalue weighted by atomic mass is 16.5. The van der Waals surface area contributed by atoms with Gasteiger partial charge in [0.25, 0.3) is 5.91 Å². The van der Waals surface area contributed by atoms with Gasteiger partial charge in [-0.2, -0.15) is 0 Å². The van der Waals surface area contributed by atoms with E-state index in [0.29, 0.717) is 30.2 Å². The summed E-state index contributed by atoms with van der Waals surface area (Å²) in [4.78, 5) is 26.8. The Morgan fingerprint density at radius 3 is 2.16 bits per heavy atom. The van der Waals surface area contributed by atoms with Crippen LogP contribution in [0.4, 0.5) is 5.69 Å². The highest BCUT2D eigenvalue weighted by Crippen LogP contribution is 2.41. The van der Waals surface area contributed by atoms with Crippen molar-refractivity contribution >= 4 is 17.6 Å². The molecule has 1 aliphatic heterocycles. The highest BCUT2D eigenvalue weighted by Gasteiger charge is 2.51. The number of para-hydroxylation sites is 1. The van der Waals surface area contributed by atoms with Crippen LogP contribution in [0.1, 0.15) is 35.8 Å². The number of carbonyl (C=O) groups is 2. The highest BCUT2D eigenvalue weighted by molar-refractivity contribution is 6.05. The van der Waals surface area contributed by atoms with Crippen molar-refractivity contribution in [2.24, 2.45) is 0 Å². The van der Waals surface area contributed by atoms with E-state index in [0.717, 1.165) is 11.3 Å². The zero-order valence-electron chi connectivity index (χ0n) is 18.1. The van der Waals surface area contributed by atoms with Crippen molar-refractivity contribution < 1.29 is 23.8 Å². The fraction of sp³-hybridized carbons (Fsp3) is 0.231. The molecule has 6 nitrogen and oxygen atoms in total. The van der Waals surface area contributed by atoms with Gasteiger partial charge in [-0.25, -0.2) is 4.79 Å². The zero-order chi connectivity index (χ0) is 22.5. The van der Waals surface area contributed by atoms with E-state index < -0.39 is 6.10 Å². The first-order chi connectivity index (χ1) is 15.6. The van der Waals surface area contributed by atoms with Crippen LogP contribution in [0.5, 0.6) is 11.5 Å². The van der Waals surface area contributed by atoms with Gasteiger partial charge in [0.15, 0.2) is 0 Å². The summed E-state index contributed by atoms with van der Waals surface area (Å²) in [5, 5.41) is 0. The summed E-state index contributed by atoms with van der Waals surface area (Å²) in [5.74, 6) is 0.880. The van der Waals surface area contributed by atoms with Gasteiger partial charge in [0.1, 0.15) is 17.5 Å². The number of rotatable bonds is 8. The first kappa shape index (κ1) is 21.4. The smallest absolute Gasteiger partial charge is 0.338 e. The Balaban J connectivity index is 1.62. The topological polar surface area (TPSA) is 65.1 Å². The van der Waals surface area contributed by atoms with E-state index >= 15 is 0 Å². The summed E-state index contributed by atoms with van der Waals surface area (Å²) in [6, 6.07) is 23.5. The molecule has 3 aromatic rings. The lowest BCUT2D eigenvalue weighted by atomic mass is 9.89. The number of carbonyl (C=O) groups excluding carboxylic acids is 2. The van der Waals surface area contributed by atoms with E-state index in [1.54, 1.807) is 36.1 Å². The van der Waals surface area contributed by atoms with Crippen LogP contribution >= 0.6 is 0 Å². The third-order valence-electron chi connectivity index (χ3n) is 5.24. The lowest BCUT2D eigenvalue weighted by Gasteiger charge is -2.46. The van der Waals surface area contributed by atoms with Crippen LogP contribution in [-0.4, -0.2) is 31.2 Å². The Kier molecular flexibility index (Phi) is 6.40. The summed E-state index contributed by atoms with van der Waals surface area (Å²) < 4.78 is 16.6. The Bertz CT molecular complexity index is 1060. The fourth-order valence-electron chi connectivity index (χ4n) is 3.74. The predicted molar refractivity (Wildman–Crippen MR) is 121 cm³/mol. The van der Waals surface area contributed by atoms with Crippen molar-refractivity contribution in [2.45, 2.75) is 26.0 Å². The molecule has 4 rings (SSSR count). The van der Waals surface area contributed by atoms with Gasteiger partial charge in [0.2, 0.25) is 6.10 Å². The average molecular weight is 431 g/mol. The number of ether oxygens (including phenoxy) is 3. The Morgan fingerprint density at radius 1 is 0.844 bits per heavy atom. The fourth-order valence-corrected chi connectivity index (χ4v) is 3.74. The molecule has 1 amide bonds. The van der Waals surface area contributed by atoms with Gasteiger partial charge in [-0.05, 0) is 67.9 Å². The van der Waals surface area contributed by atoms with Crippen molar-refractivity contribution in [3.63, 3.8) is 0 Å². The van der Waals surface area contributed by atoms with Crippen LogP contribution < -0.4 is 14.4 Å². The van der Waals surface area contributed by atoms with Crippen LogP contribution in [0.15, 0.2) is 78.9 Å². The number of benzene rings is 3. The quantitative estimate of drug-likeness (QED) is 0.379. The van der Waals surface area contributed by atoms with E-state index in [2.05, 4.69) is 0 Å². The minimum Gasteiger partial charge on any atom is -0.494 e. The van der Waals surface area contributed by atoms with Crippen LogP contribution in [0.2, 0.25) is 0 Å². The number of nitrogens with zero attached hydrogens (tertiary/aromatic N) is 1. The van der Waals surface area contributed by atoms with Crippen molar-refractivity contribution in [1.29, 1.82) is 0 Å². The van der Waals surface area contributed by atoms with Crippen molar-refractivity contribution in [3.05, 3.63) is 90.0 Å². The number of amides is 1. The molecule has 0 radical (unpaired) electrons. The Labute approximate surface area is 187 Å². The summed E-state index contributed by atoms with van der Waals surface area (Å²) in [5.41, 5.74) is 2.07. The lowest BCUT2D eigenvalue weighted by Crippen LogP contribution is -2.61. The minimum atomic E-state index is -0.653. The number of esters is 1. The van der Waals surface area contributed by atoms with Crippen LogP contribution in [0.3, 0.4) is 0 Å². The van der Waals surface area contributed by atoms with Gasteiger partial charge in [0.05, 0.1) is 18.8 Å². The molecule has 2 atom stereocenters. The van der Waals surface area contributed by atoms with Crippen molar-refractivity contribution in [2.75, 3.05) is 18.1 Å². The van der Waals surface area contributed by atoms with Gasteiger partial charge in [-0.1, -0.05) is 30.3 Å². The van der Waals surface area contributed by atoms with Crippen molar-refractivity contribution in [1.82, 2.24) is 0 Å². The second kappa shape index (κ2) is 9.56. The molecule has 0 unspecified atom stereocenters. The monoisotopic (exact) mass is 431 g/mol. The molecule has 0 N–H and O–H groups in total. The molecule has 1 heterocycles. The maximum absolute atomic E-state index is 13.1. The summed E-state index contributed by atoms with van der Waals surface area (Å²) in [6.45, 7) is 4.59. The molecule has 1 aliphatic rings. The van der Waals surface area contributed by atoms with E-state index in [4.69, 9.17) is 14.2 Å². The molecule has 6 heteroatoms. The maximum Gasteiger partial charge on any atom is 0.338 e. The molecule has 0 aliphatic carbocycles. The molecule has 0 spiro atoms. The minimum absolute atomic E-state index is 0.142. The standard InChI is InChI=1S/C26H25NO5/c1-3-30-21-16-12-18(13-17-21)23-24(32-22-8-6-5-7-9-22)25(28)27(23)20-14-10-19(11-15-20)26(29)31-4-2/h5-17,23-24H,3-4H2,1-2H3/t23-,24+/m1/s1. The summed E-state index contributed by atoms with van der Waals surface area (Å²) >= 11 is 0. The van der Waals surface area contributed by atoms with Gasteiger partial charge < -0.3 is 14.2 Å². The first-order valence-electron chi connectivity index (χ1n) is 10.7. The molecule has 1 fully saturated rings. The molecular weight excluding hydrogens is 406 g/mol. The molecule has 3 aromatic carbocycles. The van der Waals surface area contributed by atoms with E-state index in [9.17, 15) is 9.59 Å². The normalized spacial score (nSPS) is 17.4. The van der Waals surface area contributed by atoms with Gasteiger partial charge >= 0.3 is 5.97 Å². The molecule has 0 saturated carbocycles. The maximum atomic E-state index is 13.1. The van der Waals surface area contributed by atoms with E-state index in [1.165, 1.54) is 0 Å². The average Bonchev–Trinajstić information content (AvgIpc) is 2.83. The van der Waals surface area contributed by atoms with E-state index in [-0.39, 0.29) is 17.9 Å². The largest absolute Gasteiger partial charge is 0.494 e. The Morgan fingerprint density at radius 2 is 1.53 bits per heavy atom. The number of hydrogen-bond donors (Lipinski definition) is 0. The molecule has 0 bridgehead atoms. The number of hydrogen-bond acceptors (Lipinski definition) is 5. The lowest BCUT2D eigenvalue weighted by molar-refractivity contribution is -0.135. The summed E-state index contributed by atoms with van der Waals surface area (Å²) in [6.07, 6.45) is -0.653. The van der Waals surface area contributed by atoms with Crippen molar-refractivity contribution in [3.8, 4) is 11.5 Å². The molecular formula is C26H25NO5. The summed E-state index contributed by atoms with van der Waals surface area (Å²) in [7, 11) is 0. The molecule has 0 aromatic heterocycles. The third-order valence-corrected chi connectivity index (χ3v) is 5.24. The zero-order valence-corrected chi connectivity index (χ0v) is 18.1. The van der Waals surface area contributed by atoms with Crippen LogP contribution in [0, 0.1) is 0 Å². The van der Waals surface area contributed by atoms with Gasteiger partial charge in [0, 0.05) is 5.69 Å². The molecule has 32 heavy (non-hydrogen) atoms. The number of β-lactam (4-membered cyclic amide) rings is 1. The van der Waals surface area contributed by atoms with E-state index in [1.807, 2.05) is 61.5 Å². The van der Waals surface area contributed by atoms with Gasteiger partial charge in [-0.3, -0.25) is 9.69 Å². The second-order valence-electron chi connectivity index (χ2n) is 7.27. The third kappa shape index (κ3) is 4.30. The first-order valence-corrected chi connectivity index (χ1v) is 10.7. The SMILES string of the molecule is CCOC(=O)c1ccc(N2C(=O)[C@@H](Oc3ccccc3)[C@H]2c2ccc(OCC)cc2)cc1. The van der Waals surface area contributed by atoms with Crippen LogP contribution in [0.25, 0.3) is 0 Å². The predicted octanol–water partition coefficient (Wildman–Crippen LogP) is 4.80. The van der Waals surface area contributed by atoms with Gasteiger partial charge in [-0.15, -0.1) is 0 Å². The number of anilines is 1. The molecule has 164 valence electrons. The van der Waals surface area contributed by atoms with Crippen LogP contribution in [-0.2, 0) is 9.53 Å². The second-order valence-corrected chi connectivity index (χ2v) is 7.27.